The molecule has 0 saturated heterocycles. The van der Waals surface area contributed by atoms with Gasteiger partial charge in [0, 0.05) is 11.8 Å². The molecule has 1 aromatic carbocycles. The van der Waals surface area contributed by atoms with Crippen molar-refractivity contribution < 1.29 is 13.5 Å². The van der Waals surface area contributed by atoms with Crippen LogP contribution in [0.1, 0.15) is 5.56 Å². The Morgan fingerprint density at radius 3 is 2.78 bits per heavy atom. The summed E-state index contributed by atoms with van der Waals surface area (Å²) >= 11 is 0. The van der Waals surface area contributed by atoms with Gasteiger partial charge in [0.05, 0.1) is 12.8 Å². The summed E-state index contributed by atoms with van der Waals surface area (Å²) in [7, 11) is 1.59. The Morgan fingerprint density at radius 1 is 1.33 bits per heavy atom. The third-order valence-corrected chi connectivity index (χ3v) is 2.66. The Bertz CT molecular complexity index is 538. The minimum Gasteiger partial charge on any atom is -0.496 e. The van der Waals surface area contributed by atoms with Gasteiger partial charge in [0.15, 0.2) is 0 Å². The van der Waals surface area contributed by atoms with Crippen LogP contribution in [0.15, 0.2) is 30.5 Å². The lowest BCUT2D eigenvalue weighted by atomic mass is 10.1. The van der Waals surface area contributed by atoms with E-state index in [1.807, 2.05) is 25.1 Å². The quantitative estimate of drug-likeness (QED) is 0.835. The smallest absolute Gasteiger partial charge is 0.257 e. The maximum absolute atomic E-state index is 12.3. The first-order valence-electron chi connectivity index (χ1n) is 5.57. The summed E-state index contributed by atoms with van der Waals surface area (Å²) < 4.78 is 31.1. The highest BCUT2D eigenvalue weighted by molar-refractivity contribution is 5.68. The Morgan fingerprint density at radius 2 is 2.11 bits per heavy atom. The van der Waals surface area contributed by atoms with Gasteiger partial charge in [-0.25, -0.2) is 8.78 Å². The van der Waals surface area contributed by atoms with Crippen LogP contribution in [0.4, 0.5) is 8.78 Å². The fraction of sp³-hybridized carbons (Fsp3) is 0.308. The van der Waals surface area contributed by atoms with Crippen LogP contribution < -0.4 is 4.74 Å². The van der Waals surface area contributed by atoms with Crippen molar-refractivity contribution in [3.05, 3.63) is 36.0 Å². The van der Waals surface area contributed by atoms with E-state index in [9.17, 15) is 8.78 Å². The van der Waals surface area contributed by atoms with Gasteiger partial charge in [0.1, 0.15) is 12.3 Å². The molecule has 0 spiro atoms. The predicted molar refractivity (Wildman–Crippen MR) is 65.0 cm³/mol. The zero-order chi connectivity index (χ0) is 13.1. The zero-order valence-electron chi connectivity index (χ0n) is 10.2. The van der Waals surface area contributed by atoms with E-state index in [1.165, 1.54) is 4.68 Å². The Kier molecular flexibility index (Phi) is 3.60. The number of benzene rings is 1. The van der Waals surface area contributed by atoms with E-state index >= 15 is 0 Å². The van der Waals surface area contributed by atoms with Crippen LogP contribution in [0.2, 0.25) is 0 Å². The number of ether oxygens (including phenoxy) is 1. The number of hydrogen-bond acceptors (Lipinski definition) is 2. The molecule has 0 aliphatic rings. The topological polar surface area (TPSA) is 27.1 Å². The Balaban J connectivity index is 2.37. The van der Waals surface area contributed by atoms with Gasteiger partial charge in [-0.2, -0.15) is 5.10 Å². The first-order chi connectivity index (χ1) is 8.61. The molecule has 2 aromatic rings. The molecule has 0 aliphatic carbocycles. The summed E-state index contributed by atoms with van der Waals surface area (Å²) in [4.78, 5) is 0. The molecule has 0 amide bonds. The lowest BCUT2D eigenvalue weighted by Crippen LogP contribution is -2.06. The minimum atomic E-state index is -2.41. The molecular weight excluding hydrogens is 238 g/mol. The van der Waals surface area contributed by atoms with Gasteiger partial charge < -0.3 is 4.74 Å². The Hall–Kier alpha value is -1.91. The van der Waals surface area contributed by atoms with Crippen LogP contribution in [0, 0.1) is 6.92 Å². The van der Waals surface area contributed by atoms with Gasteiger partial charge in [-0.1, -0.05) is 12.1 Å². The van der Waals surface area contributed by atoms with Crippen molar-refractivity contribution in [2.24, 2.45) is 0 Å². The molecule has 18 heavy (non-hydrogen) atoms. The monoisotopic (exact) mass is 252 g/mol. The second-order valence-electron chi connectivity index (χ2n) is 3.97. The average Bonchev–Trinajstić information content (AvgIpc) is 2.76. The van der Waals surface area contributed by atoms with E-state index < -0.39 is 13.0 Å². The van der Waals surface area contributed by atoms with Crippen LogP contribution in [-0.4, -0.2) is 23.3 Å². The second-order valence-corrected chi connectivity index (χ2v) is 3.97. The maximum atomic E-state index is 12.3. The van der Waals surface area contributed by atoms with E-state index in [0.717, 1.165) is 16.9 Å². The number of rotatable bonds is 4. The van der Waals surface area contributed by atoms with Crippen molar-refractivity contribution in [2.45, 2.75) is 19.9 Å². The molecule has 3 nitrogen and oxygen atoms in total. The normalized spacial score (nSPS) is 10.9. The maximum Gasteiger partial charge on any atom is 0.257 e. The molecule has 0 aliphatic heterocycles. The summed E-state index contributed by atoms with van der Waals surface area (Å²) in [5.74, 6) is 0.722. The first-order valence-corrected chi connectivity index (χ1v) is 5.57. The molecule has 0 unspecified atom stereocenters. The number of para-hydroxylation sites is 1. The fourth-order valence-electron chi connectivity index (χ4n) is 1.87. The molecule has 0 bridgehead atoms. The third kappa shape index (κ3) is 2.50. The highest BCUT2D eigenvalue weighted by Crippen LogP contribution is 2.31. The van der Waals surface area contributed by atoms with E-state index in [4.69, 9.17) is 4.74 Å². The number of alkyl halides is 2. The molecule has 0 radical (unpaired) electrons. The van der Waals surface area contributed by atoms with Crippen molar-refractivity contribution in [3.8, 4) is 17.0 Å². The van der Waals surface area contributed by atoms with E-state index in [0.29, 0.717) is 5.69 Å². The van der Waals surface area contributed by atoms with E-state index in [-0.39, 0.29) is 0 Å². The molecule has 1 aromatic heterocycles. The first kappa shape index (κ1) is 12.5. The fourth-order valence-corrected chi connectivity index (χ4v) is 1.87. The molecule has 1 heterocycles. The SMILES string of the molecule is COc1c(C)cccc1-c1ccn(CC(F)F)n1. The van der Waals surface area contributed by atoms with Crippen molar-refractivity contribution in [2.75, 3.05) is 7.11 Å². The molecule has 5 heteroatoms. The van der Waals surface area contributed by atoms with Gasteiger partial charge in [-0.3, -0.25) is 4.68 Å². The van der Waals surface area contributed by atoms with Crippen molar-refractivity contribution >= 4 is 0 Å². The largest absolute Gasteiger partial charge is 0.496 e. The van der Waals surface area contributed by atoms with Crippen LogP contribution in [0.5, 0.6) is 5.75 Å². The van der Waals surface area contributed by atoms with Crippen molar-refractivity contribution in [3.63, 3.8) is 0 Å². The Labute approximate surface area is 104 Å². The van der Waals surface area contributed by atoms with Gasteiger partial charge >= 0.3 is 0 Å². The lowest BCUT2D eigenvalue weighted by molar-refractivity contribution is 0.122. The van der Waals surface area contributed by atoms with Crippen molar-refractivity contribution in [1.29, 1.82) is 0 Å². The lowest BCUT2D eigenvalue weighted by Gasteiger charge is -2.09. The minimum absolute atomic E-state index is 0.395. The number of hydrogen-bond donors (Lipinski definition) is 0. The van der Waals surface area contributed by atoms with Crippen LogP contribution in [0.3, 0.4) is 0 Å². The molecule has 0 fully saturated rings. The van der Waals surface area contributed by atoms with Gasteiger partial charge in [0.2, 0.25) is 0 Å². The van der Waals surface area contributed by atoms with Gasteiger partial charge in [-0.15, -0.1) is 0 Å². The second kappa shape index (κ2) is 5.16. The van der Waals surface area contributed by atoms with Crippen LogP contribution >= 0.6 is 0 Å². The number of nitrogens with zero attached hydrogens (tertiary/aromatic N) is 2. The molecular formula is C13H14F2N2O. The molecule has 96 valence electrons. The van der Waals surface area contributed by atoms with Crippen LogP contribution in [0.25, 0.3) is 11.3 Å². The van der Waals surface area contributed by atoms with Gasteiger partial charge in [0.25, 0.3) is 6.43 Å². The predicted octanol–water partition coefficient (Wildman–Crippen LogP) is 3.13. The highest BCUT2D eigenvalue weighted by atomic mass is 19.3. The number of aryl methyl sites for hydroxylation is 1. The molecule has 0 saturated carbocycles. The summed E-state index contributed by atoms with van der Waals surface area (Å²) in [5, 5.41) is 4.13. The summed E-state index contributed by atoms with van der Waals surface area (Å²) in [6.45, 7) is 1.53. The van der Waals surface area contributed by atoms with E-state index in [2.05, 4.69) is 5.10 Å². The number of aromatic nitrogens is 2. The highest BCUT2D eigenvalue weighted by Gasteiger charge is 2.12. The average molecular weight is 252 g/mol. The molecule has 0 atom stereocenters. The number of methoxy groups -OCH3 is 1. The summed E-state index contributed by atoms with van der Waals surface area (Å²) in [6, 6.07) is 7.39. The zero-order valence-corrected chi connectivity index (χ0v) is 10.2. The standard InChI is InChI=1S/C13H14F2N2O/c1-9-4-3-5-10(13(9)18-2)11-6-7-17(16-11)8-12(14)15/h3-7,12H,8H2,1-2H3. The molecule has 2 rings (SSSR count). The van der Waals surface area contributed by atoms with Crippen molar-refractivity contribution in [1.82, 2.24) is 9.78 Å². The molecule has 0 N–H and O–H groups in total. The summed E-state index contributed by atoms with van der Waals surface area (Å²) in [5.41, 5.74) is 2.43. The van der Waals surface area contributed by atoms with Gasteiger partial charge in [-0.05, 0) is 24.6 Å². The summed E-state index contributed by atoms with van der Waals surface area (Å²) in [6.07, 6.45) is -0.861. The number of halogens is 2. The third-order valence-electron chi connectivity index (χ3n) is 2.66. The van der Waals surface area contributed by atoms with E-state index in [1.54, 1.807) is 19.4 Å². The van der Waals surface area contributed by atoms with Crippen LogP contribution in [-0.2, 0) is 6.54 Å².